The van der Waals surface area contributed by atoms with Gasteiger partial charge < -0.3 is 15.4 Å². The Morgan fingerprint density at radius 1 is 0.862 bits per heavy atom. The normalized spacial score (nSPS) is 11.4. The summed E-state index contributed by atoms with van der Waals surface area (Å²) < 4.78 is 5.23. The number of thioether (sulfide) groups is 1. The number of amides is 2. The lowest BCUT2D eigenvalue weighted by Crippen LogP contribution is -2.19. The van der Waals surface area contributed by atoms with Crippen LogP contribution in [0.2, 0.25) is 0 Å². The Balaban J connectivity index is 1.81. The molecule has 0 saturated carbocycles. The van der Waals surface area contributed by atoms with Gasteiger partial charge >= 0.3 is 0 Å². The van der Waals surface area contributed by atoms with E-state index < -0.39 is 5.25 Å². The molecule has 0 heterocycles. The van der Waals surface area contributed by atoms with Gasteiger partial charge in [-0.15, -0.1) is 11.8 Å². The molecule has 0 saturated heterocycles. The molecule has 0 aliphatic rings. The lowest BCUT2D eigenvalue weighted by atomic mass is 10.1. The molecule has 1 atom stereocenters. The van der Waals surface area contributed by atoms with Gasteiger partial charge in [0.2, 0.25) is 11.8 Å². The Kier molecular flexibility index (Phi) is 6.92. The van der Waals surface area contributed by atoms with Gasteiger partial charge in [0.15, 0.2) is 0 Å². The highest BCUT2D eigenvalue weighted by Gasteiger charge is 2.22. The zero-order valence-electron chi connectivity index (χ0n) is 16.2. The van der Waals surface area contributed by atoms with Crippen LogP contribution < -0.4 is 15.4 Å². The first kappa shape index (κ1) is 20.5. The molecule has 148 valence electrons. The third-order valence-corrected chi connectivity index (χ3v) is 5.37. The van der Waals surface area contributed by atoms with Crippen LogP contribution in [0.5, 0.6) is 5.75 Å². The zero-order valence-corrected chi connectivity index (χ0v) is 17.0. The van der Waals surface area contributed by atoms with Crippen LogP contribution in [0.1, 0.15) is 17.7 Å². The number of hydrogen-bond donors (Lipinski definition) is 2. The van der Waals surface area contributed by atoms with Crippen LogP contribution in [0.4, 0.5) is 11.4 Å². The molecule has 0 aliphatic carbocycles. The van der Waals surface area contributed by atoms with Gasteiger partial charge in [0.25, 0.3) is 0 Å². The van der Waals surface area contributed by atoms with Crippen molar-refractivity contribution in [2.45, 2.75) is 17.1 Å². The predicted octanol–water partition coefficient (Wildman–Crippen LogP) is 5.13. The van der Waals surface area contributed by atoms with Crippen molar-refractivity contribution in [3.8, 4) is 5.75 Å². The van der Waals surface area contributed by atoms with Crippen LogP contribution in [0.25, 0.3) is 0 Å². The summed E-state index contributed by atoms with van der Waals surface area (Å²) in [6, 6.07) is 24.4. The van der Waals surface area contributed by atoms with E-state index in [2.05, 4.69) is 10.6 Å². The molecular weight excluding hydrogens is 384 g/mol. The molecule has 29 heavy (non-hydrogen) atoms. The van der Waals surface area contributed by atoms with Gasteiger partial charge in [-0.1, -0.05) is 36.4 Å². The van der Waals surface area contributed by atoms with E-state index in [4.69, 9.17) is 4.74 Å². The summed E-state index contributed by atoms with van der Waals surface area (Å²) in [6.07, 6.45) is 0. The maximum atomic E-state index is 13.1. The van der Waals surface area contributed by atoms with Gasteiger partial charge in [-0.05, 0) is 42.0 Å². The van der Waals surface area contributed by atoms with Crippen molar-refractivity contribution >= 4 is 35.0 Å². The van der Waals surface area contributed by atoms with E-state index >= 15 is 0 Å². The summed E-state index contributed by atoms with van der Waals surface area (Å²) in [4.78, 5) is 25.2. The van der Waals surface area contributed by atoms with Gasteiger partial charge in [-0.25, -0.2) is 0 Å². The van der Waals surface area contributed by atoms with E-state index in [1.807, 2.05) is 72.8 Å². The maximum Gasteiger partial charge on any atom is 0.242 e. The first-order valence-corrected chi connectivity index (χ1v) is 9.97. The monoisotopic (exact) mass is 406 g/mol. The van der Waals surface area contributed by atoms with Crippen LogP contribution >= 0.6 is 11.8 Å². The fourth-order valence-electron chi connectivity index (χ4n) is 2.77. The minimum Gasteiger partial charge on any atom is -0.497 e. The number of benzene rings is 3. The highest BCUT2D eigenvalue weighted by Crippen LogP contribution is 2.36. The fraction of sp³-hybridized carbons (Fsp3) is 0.130. The number of ether oxygens (including phenoxy) is 1. The fourth-order valence-corrected chi connectivity index (χ4v) is 3.79. The molecule has 0 bridgehead atoms. The number of carbonyl (C=O) groups is 2. The summed E-state index contributed by atoms with van der Waals surface area (Å²) >= 11 is 1.45. The van der Waals surface area contributed by atoms with Gasteiger partial charge in [-0.2, -0.15) is 0 Å². The van der Waals surface area contributed by atoms with E-state index in [0.717, 1.165) is 16.1 Å². The lowest BCUT2D eigenvalue weighted by Gasteiger charge is -2.17. The van der Waals surface area contributed by atoms with E-state index in [0.29, 0.717) is 11.4 Å². The van der Waals surface area contributed by atoms with Gasteiger partial charge in [0.05, 0.1) is 7.11 Å². The molecule has 2 N–H and O–H groups in total. The topological polar surface area (TPSA) is 67.4 Å². The van der Waals surface area contributed by atoms with Crippen molar-refractivity contribution in [2.24, 2.45) is 0 Å². The summed E-state index contributed by atoms with van der Waals surface area (Å²) in [5.74, 6) is 0.436. The Labute approximate surface area is 174 Å². The molecule has 2 amide bonds. The summed E-state index contributed by atoms with van der Waals surface area (Å²) in [5.41, 5.74) is 2.31. The minimum atomic E-state index is -0.436. The zero-order chi connectivity index (χ0) is 20.6. The molecule has 0 spiro atoms. The highest BCUT2D eigenvalue weighted by molar-refractivity contribution is 8.00. The van der Waals surface area contributed by atoms with E-state index in [1.54, 1.807) is 13.2 Å². The molecule has 0 aromatic heterocycles. The summed E-state index contributed by atoms with van der Waals surface area (Å²) in [7, 11) is 1.59. The molecule has 6 heteroatoms. The second-order valence-electron chi connectivity index (χ2n) is 6.34. The van der Waals surface area contributed by atoms with E-state index in [9.17, 15) is 9.59 Å². The SMILES string of the molecule is COc1cccc(NC(=O)C(Sc2ccc(NC(C)=O)cc2)c2ccccc2)c1. The van der Waals surface area contributed by atoms with Crippen LogP contribution in [0.15, 0.2) is 83.8 Å². The number of carbonyl (C=O) groups excluding carboxylic acids is 2. The van der Waals surface area contributed by atoms with Crippen LogP contribution in [0, 0.1) is 0 Å². The van der Waals surface area contributed by atoms with Crippen LogP contribution in [-0.4, -0.2) is 18.9 Å². The number of hydrogen-bond acceptors (Lipinski definition) is 4. The molecule has 3 aromatic rings. The molecule has 0 aliphatic heterocycles. The number of rotatable bonds is 7. The van der Waals surface area contributed by atoms with Crippen molar-refractivity contribution in [1.29, 1.82) is 0 Å². The standard InChI is InChI=1S/C23H22N2O3S/c1-16(26)24-18-11-13-21(14-12-18)29-22(17-7-4-3-5-8-17)23(27)25-19-9-6-10-20(15-19)28-2/h3-15,22H,1-2H3,(H,24,26)(H,25,27). The first-order valence-electron chi connectivity index (χ1n) is 9.09. The van der Waals surface area contributed by atoms with Crippen molar-refractivity contribution in [3.63, 3.8) is 0 Å². The molecule has 1 unspecified atom stereocenters. The average molecular weight is 407 g/mol. The van der Waals surface area contributed by atoms with Crippen LogP contribution in [0.3, 0.4) is 0 Å². The third-order valence-electron chi connectivity index (χ3n) is 4.11. The average Bonchev–Trinajstić information content (AvgIpc) is 2.73. The largest absolute Gasteiger partial charge is 0.497 e. The third kappa shape index (κ3) is 5.86. The Bertz CT molecular complexity index is 975. The Morgan fingerprint density at radius 3 is 2.24 bits per heavy atom. The molecule has 3 rings (SSSR count). The maximum absolute atomic E-state index is 13.1. The van der Waals surface area contributed by atoms with E-state index in [-0.39, 0.29) is 11.8 Å². The quantitative estimate of drug-likeness (QED) is 0.534. The highest BCUT2D eigenvalue weighted by atomic mass is 32.2. The first-order chi connectivity index (χ1) is 14.0. The van der Waals surface area contributed by atoms with Gasteiger partial charge in [0.1, 0.15) is 11.0 Å². The molecule has 0 radical (unpaired) electrons. The second-order valence-corrected chi connectivity index (χ2v) is 7.51. The van der Waals surface area contributed by atoms with Crippen molar-refractivity contribution in [3.05, 3.63) is 84.4 Å². The van der Waals surface area contributed by atoms with Crippen molar-refractivity contribution in [2.75, 3.05) is 17.7 Å². The van der Waals surface area contributed by atoms with E-state index in [1.165, 1.54) is 18.7 Å². The van der Waals surface area contributed by atoms with Gasteiger partial charge in [0, 0.05) is 29.3 Å². The van der Waals surface area contributed by atoms with Crippen molar-refractivity contribution < 1.29 is 14.3 Å². The summed E-state index contributed by atoms with van der Waals surface area (Å²) in [6.45, 7) is 1.47. The lowest BCUT2D eigenvalue weighted by molar-refractivity contribution is -0.116. The number of methoxy groups -OCH3 is 1. The Morgan fingerprint density at radius 2 is 1.59 bits per heavy atom. The van der Waals surface area contributed by atoms with Gasteiger partial charge in [-0.3, -0.25) is 9.59 Å². The molecule has 0 fully saturated rings. The second kappa shape index (κ2) is 9.80. The molecule has 3 aromatic carbocycles. The smallest absolute Gasteiger partial charge is 0.242 e. The minimum absolute atomic E-state index is 0.120. The molecular formula is C23H22N2O3S. The molecule has 5 nitrogen and oxygen atoms in total. The predicted molar refractivity (Wildman–Crippen MR) is 117 cm³/mol. The summed E-state index contributed by atoms with van der Waals surface area (Å²) in [5, 5.41) is 5.28. The van der Waals surface area contributed by atoms with Crippen LogP contribution in [-0.2, 0) is 9.59 Å². The van der Waals surface area contributed by atoms with Crippen molar-refractivity contribution in [1.82, 2.24) is 0 Å². The number of nitrogens with one attached hydrogen (secondary N) is 2. The number of anilines is 2. The Hall–Kier alpha value is -3.25.